The Morgan fingerprint density at radius 2 is 1.59 bits per heavy atom. The third-order valence-electron chi connectivity index (χ3n) is 5.94. The molecule has 3 aromatic carbocycles. The molecule has 0 N–H and O–H groups in total. The maximum absolute atomic E-state index is 13.7. The number of hydrogen-bond donors (Lipinski definition) is 0. The van der Waals surface area contributed by atoms with Gasteiger partial charge in [0.2, 0.25) is 5.43 Å². The standard InChI is InChI=1S/C26H24N4O3S/c1-28(2)17-14-15-21-22(16-17)29(3)24-23(27-21)19-12-8-9-13-20(19)26(31)25(24)30(4)34(32)33-18-10-6-5-7-11-18/h5-16H,1-4H3. The first-order chi connectivity index (χ1) is 16.4. The summed E-state index contributed by atoms with van der Waals surface area (Å²) in [7, 11) is 7.45. The molecular weight excluding hydrogens is 448 g/mol. The molecule has 0 fully saturated rings. The topological polar surface area (TPSA) is 67.7 Å². The summed E-state index contributed by atoms with van der Waals surface area (Å²) in [4.78, 5) is 20.7. The fourth-order valence-electron chi connectivity index (χ4n) is 4.17. The van der Waals surface area contributed by atoms with Gasteiger partial charge in [-0.05, 0) is 30.3 Å². The first-order valence-corrected chi connectivity index (χ1v) is 11.8. The maximum Gasteiger partial charge on any atom is 0.318 e. The molecule has 1 aliphatic heterocycles. The van der Waals surface area contributed by atoms with Crippen molar-refractivity contribution in [1.29, 1.82) is 0 Å². The van der Waals surface area contributed by atoms with Crippen LogP contribution in [0.2, 0.25) is 0 Å². The number of fused-ring (bicyclic) bond motifs is 4. The van der Waals surface area contributed by atoms with Crippen molar-refractivity contribution in [3.8, 4) is 17.1 Å². The van der Waals surface area contributed by atoms with Gasteiger partial charge in [-0.2, -0.15) is 4.21 Å². The van der Waals surface area contributed by atoms with Gasteiger partial charge in [-0.1, -0.05) is 42.5 Å². The van der Waals surface area contributed by atoms with Gasteiger partial charge in [0, 0.05) is 44.7 Å². The zero-order valence-electron chi connectivity index (χ0n) is 19.4. The quantitative estimate of drug-likeness (QED) is 0.281. The molecule has 0 aromatic heterocycles. The molecule has 0 bridgehead atoms. The Bertz CT molecular complexity index is 1580. The second kappa shape index (κ2) is 8.46. The number of hydrogen-bond acceptors (Lipinski definition) is 5. The summed E-state index contributed by atoms with van der Waals surface area (Å²) in [6.07, 6.45) is 0. The van der Waals surface area contributed by atoms with Crippen LogP contribution in [0.5, 0.6) is 5.75 Å². The first-order valence-electron chi connectivity index (χ1n) is 10.8. The molecule has 3 aromatic rings. The molecule has 7 nitrogen and oxygen atoms in total. The molecular formula is C26H24N4O3S. The highest BCUT2D eigenvalue weighted by Gasteiger charge is 2.27. The Kier molecular flexibility index (Phi) is 5.45. The maximum atomic E-state index is 13.7. The molecule has 34 heavy (non-hydrogen) atoms. The second-order valence-corrected chi connectivity index (χ2v) is 9.42. The number of anilines is 2. The van der Waals surface area contributed by atoms with Crippen LogP contribution in [-0.2, 0) is 18.3 Å². The first kappa shape index (κ1) is 21.9. The van der Waals surface area contributed by atoms with E-state index in [2.05, 4.69) is 0 Å². The average Bonchev–Trinajstić information content (AvgIpc) is 2.85. The predicted octanol–water partition coefficient (Wildman–Crippen LogP) is 4.35. The van der Waals surface area contributed by atoms with Gasteiger partial charge >= 0.3 is 11.3 Å². The number of rotatable bonds is 5. The Hall–Kier alpha value is -3.91. The summed E-state index contributed by atoms with van der Waals surface area (Å²) >= 11 is -1.95. The van der Waals surface area contributed by atoms with E-state index in [1.54, 1.807) is 37.4 Å². The molecule has 0 saturated heterocycles. The fraction of sp³-hybridized carbons (Fsp3) is 0.154. The van der Waals surface area contributed by atoms with Crippen LogP contribution >= 0.6 is 0 Å². The highest BCUT2D eigenvalue weighted by molar-refractivity contribution is 7.82. The van der Waals surface area contributed by atoms with Crippen molar-refractivity contribution in [3.63, 3.8) is 0 Å². The molecule has 0 spiro atoms. The van der Waals surface area contributed by atoms with Gasteiger partial charge in [-0.3, -0.25) is 9.10 Å². The lowest BCUT2D eigenvalue weighted by Crippen LogP contribution is -2.31. The number of benzene rings is 4. The Labute approximate surface area is 200 Å². The summed E-state index contributed by atoms with van der Waals surface area (Å²) in [6.45, 7) is 0. The molecule has 0 radical (unpaired) electrons. The SMILES string of the molecule is CN(C)c1ccc2nc3c4ccccc4c(=O)c(N(C)S(=O)Oc4ccccc4)c-3n(C)c2c1. The fourth-order valence-corrected chi connectivity index (χ4v) is 4.87. The number of aryl methyl sites for hydroxylation is 1. The predicted molar refractivity (Wildman–Crippen MR) is 139 cm³/mol. The van der Waals surface area contributed by atoms with E-state index in [9.17, 15) is 9.00 Å². The molecule has 8 heteroatoms. The minimum atomic E-state index is -1.95. The average molecular weight is 473 g/mol. The molecule has 1 heterocycles. The van der Waals surface area contributed by atoms with E-state index < -0.39 is 11.3 Å². The third kappa shape index (κ3) is 3.56. The van der Waals surface area contributed by atoms with Crippen molar-refractivity contribution in [1.82, 2.24) is 9.55 Å². The van der Waals surface area contributed by atoms with Crippen LogP contribution in [0.25, 0.3) is 33.2 Å². The third-order valence-corrected chi connectivity index (χ3v) is 6.91. The van der Waals surface area contributed by atoms with Crippen molar-refractivity contribution in [2.75, 3.05) is 30.3 Å². The Morgan fingerprint density at radius 3 is 2.29 bits per heavy atom. The van der Waals surface area contributed by atoms with Gasteiger partial charge in [0.05, 0.1) is 22.4 Å². The summed E-state index contributed by atoms with van der Waals surface area (Å²) in [5, 5.41) is 1.27. The van der Waals surface area contributed by atoms with E-state index in [-0.39, 0.29) is 11.1 Å². The van der Waals surface area contributed by atoms with Crippen molar-refractivity contribution in [3.05, 3.63) is 83.0 Å². The Morgan fingerprint density at radius 1 is 0.912 bits per heavy atom. The van der Waals surface area contributed by atoms with Crippen LogP contribution in [0.3, 0.4) is 0 Å². The number of aromatic nitrogens is 2. The van der Waals surface area contributed by atoms with E-state index in [4.69, 9.17) is 9.17 Å². The molecule has 1 unspecified atom stereocenters. The minimum absolute atomic E-state index is 0.226. The summed E-state index contributed by atoms with van der Waals surface area (Å²) in [6, 6.07) is 22.3. The normalized spacial score (nSPS) is 12.2. The molecule has 1 aliphatic carbocycles. The van der Waals surface area contributed by atoms with E-state index in [1.165, 1.54) is 4.31 Å². The van der Waals surface area contributed by atoms with Crippen LogP contribution in [0, 0.1) is 0 Å². The highest BCUT2D eigenvalue weighted by atomic mass is 32.2. The van der Waals surface area contributed by atoms with Crippen LogP contribution in [0.4, 0.5) is 11.4 Å². The number of para-hydroxylation sites is 1. The summed E-state index contributed by atoms with van der Waals surface area (Å²) < 4.78 is 22.2. The highest BCUT2D eigenvalue weighted by Crippen LogP contribution is 2.37. The van der Waals surface area contributed by atoms with Crippen LogP contribution in [0.1, 0.15) is 0 Å². The second-order valence-electron chi connectivity index (χ2n) is 8.27. The van der Waals surface area contributed by atoms with Gasteiger partial charge in [-0.15, -0.1) is 0 Å². The molecule has 0 amide bonds. The van der Waals surface area contributed by atoms with Crippen LogP contribution in [-0.4, -0.2) is 34.9 Å². The summed E-state index contributed by atoms with van der Waals surface area (Å²) in [5.74, 6) is 0.453. The van der Waals surface area contributed by atoms with Gasteiger partial charge in [-0.25, -0.2) is 4.98 Å². The van der Waals surface area contributed by atoms with Gasteiger partial charge in [0.15, 0.2) is 0 Å². The lowest BCUT2D eigenvalue weighted by Gasteiger charge is -2.25. The van der Waals surface area contributed by atoms with Crippen LogP contribution in [0.15, 0.2) is 77.6 Å². The van der Waals surface area contributed by atoms with Crippen molar-refractivity contribution < 1.29 is 8.39 Å². The lowest BCUT2D eigenvalue weighted by atomic mass is 10.0. The summed E-state index contributed by atoms with van der Waals surface area (Å²) in [5.41, 5.74) is 3.99. The van der Waals surface area contributed by atoms with E-state index in [1.807, 2.05) is 73.1 Å². The molecule has 5 rings (SSSR count). The zero-order chi connectivity index (χ0) is 24.0. The Balaban J connectivity index is 1.81. The van der Waals surface area contributed by atoms with Crippen molar-refractivity contribution in [2.45, 2.75) is 0 Å². The molecule has 1 atom stereocenters. The van der Waals surface area contributed by atoms with Crippen molar-refractivity contribution in [2.24, 2.45) is 7.05 Å². The molecule has 2 aliphatic rings. The molecule has 172 valence electrons. The van der Waals surface area contributed by atoms with E-state index in [0.29, 0.717) is 22.5 Å². The van der Waals surface area contributed by atoms with Gasteiger partial charge < -0.3 is 13.7 Å². The van der Waals surface area contributed by atoms with E-state index >= 15 is 0 Å². The van der Waals surface area contributed by atoms with Gasteiger partial charge in [0.1, 0.15) is 11.4 Å². The zero-order valence-corrected chi connectivity index (χ0v) is 20.2. The van der Waals surface area contributed by atoms with Crippen molar-refractivity contribution >= 4 is 44.4 Å². The largest absolute Gasteiger partial charge is 0.385 e. The lowest BCUT2D eigenvalue weighted by molar-refractivity contribution is 0.560. The van der Waals surface area contributed by atoms with Gasteiger partial charge in [0.25, 0.3) is 0 Å². The molecule has 0 saturated carbocycles. The smallest absolute Gasteiger partial charge is 0.318 e. The monoisotopic (exact) mass is 472 g/mol. The van der Waals surface area contributed by atoms with Crippen LogP contribution < -0.4 is 18.8 Å². The van der Waals surface area contributed by atoms with E-state index in [0.717, 1.165) is 22.1 Å². The number of nitrogens with zero attached hydrogens (tertiary/aromatic N) is 4. The minimum Gasteiger partial charge on any atom is -0.385 e.